The van der Waals surface area contributed by atoms with E-state index in [9.17, 15) is 4.79 Å². The number of aromatic carboxylic acids is 1. The number of carbonyl (C=O) groups is 1. The van der Waals surface area contributed by atoms with Gasteiger partial charge >= 0.3 is 5.97 Å². The van der Waals surface area contributed by atoms with Crippen molar-refractivity contribution in [2.75, 3.05) is 0 Å². The van der Waals surface area contributed by atoms with Gasteiger partial charge in [-0.15, -0.1) is 0 Å². The Kier molecular flexibility index (Phi) is 5.79. The fourth-order valence-corrected chi connectivity index (χ4v) is 2.05. The molecule has 0 fully saturated rings. The number of nitrogens with two attached hydrogens (primary N) is 1. The van der Waals surface area contributed by atoms with Crippen LogP contribution < -0.4 is 5.73 Å². The molecule has 0 aliphatic carbocycles. The minimum absolute atomic E-state index is 0.266. The number of aromatic nitrogens is 3. The largest absolute Gasteiger partial charge is 0.478 e. The lowest BCUT2D eigenvalue weighted by Crippen LogP contribution is -2.05. The number of aromatic amines is 2. The minimum Gasteiger partial charge on any atom is -0.478 e. The molecule has 0 unspecified atom stereocenters. The molecule has 2 aromatic carbocycles. The van der Waals surface area contributed by atoms with E-state index < -0.39 is 5.97 Å². The summed E-state index contributed by atoms with van der Waals surface area (Å²) < 4.78 is 0.480. The molecule has 1 heterocycles. The summed E-state index contributed by atoms with van der Waals surface area (Å²) in [5, 5.41) is 14.3. The molecule has 0 spiro atoms. The maximum atomic E-state index is 10.5. The van der Waals surface area contributed by atoms with Crippen molar-refractivity contribution in [1.82, 2.24) is 15.2 Å². The van der Waals surface area contributed by atoms with Crippen molar-refractivity contribution in [1.29, 1.82) is 0 Å². The first kappa shape index (κ1) is 16.6. The van der Waals surface area contributed by atoms with Crippen LogP contribution in [0.25, 0.3) is 11.4 Å². The maximum Gasteiger partial charge on any atom is 0.336 e. The van der Waals surface area contributed by atoms with Crippen molar-refractivity contribution in [3.63, 3.8) is 0 Å². The van der Waals surface area contributed by atoms with Crippen LogP contribution in [0.15, 0.2) is 54.6 Å². The molecule has 0 amide bonds. The zero-order valence-electron chi connectivity index (χ0n) is 12.2. The molecular formula is C16H16N4O2S. The molecular weight excluding hydrogens is 312 g/mol. The molecule has 0 atom stereocenters. The van der Waals surface area contributed by atoms with E-state index in [0.717, 1.165) is 11.4 Å². The van der Waals surface area contributed by atoms with Crippen LogP contribution in [-0.4, -0.2) is 26.3 Å². The Bertz CT molecular complexity index is 827. The highest BCUT2D eigenvalue weighted by Crippen LogP contribution is 2.11. The van der Waals surface area contributed by atoms with Crippen LogP contribution in [0.2, 0.25) is 0 Å². The van der Waals surface area contributed by atoms with Crippen LogP contribution in [0.4, 0.5) is 0 Å². The highest BCUT2D eigenvalue weighted by atomic mass is 32.1. The molecule has 1 aromatic heterocycles. The lowest BCUT2D eigenvalue weighted by molar-refractivity contribution is 0.0695. The van der Waals surface area contributed by atoms with Gasteiger partial charge in [0.15, 0.2) is 5.82 Å². The number of carboxylic acid groups (broad SMARTS) is 1. The maximum absolute atomic E-state index is 10.5. The highest BCUT2D eigenvalue weighted by molar-refractivity contribution is 7.71. The molecule has 3 rings (SSSR count). The summed E-state index contributed by atoms with van der Waals surface area (Å²) in [4.78, 5) is 14.6. The third-order valence-electron chi connectivity index (χ3n) is 3.02. The average molecular weight is 328 g/mol. The Balaban J connectivity index is 0.000000168. The molecule has 3 aromatic rings. The van der Waals surface area contributed by atoms with Crippen LogP contribution in [0.3, 0.4) is 0 Å². The predicted molar refractivity (Wildman–Crippen MR) is 90.5 cm³/mol. The summed E-state index contributed by atoms with van der Waals surface area (Å²) in [5.74, 6) is -0.147. The summed E-state index contributed by atoms with van der Waals surface area (Å²) in [7, 11) is 0. The molecule has 0 aliphatic rings. The van der Waals surface area contributed by atoms with Crippen LogP contribution in [-0.2, 0) is 6.54 Å². The summed E-state index contributed by atoms with van der Waals surface area (Å²) in [5.41, 5.74) is 7.31. The van der Waals surface area contributed by atoms with Crippen molar-refractivity contribution < 1.29 is 9.90 Å². The van der Waals surface area contributed by atoms with Crippen molar-refractivity contribution >= 4 is 18.2 Å². The summed E-state index contributed by atoms with van der Waals surface area (Å²) >= 11 is 4.83. The Labute approximate surface area is 138 Å². The molecule has 0 aliphatic heterocycles. The Morgan fingerprint density at radius 3 is 2.26 bits per heavy atom. The average Bonchev–Trinajstić information content (AvgIpc) is 3.02. The molecule has 6 nitrogen and oxygen atoms in total. The zero-order valence-corrected chi connectivity index (χ0v) is 13.0. The van der Waals surface area contributed by atoms with Crippen molar-refractivity contribution in [3.05, 3.63) is 70.5 Å². The second-order valence-electron chi connectivity index (χ2n) is 4.55. The summed E-state index contributed by atoms with van der Waals surface area (Å²) in [6, 6.07) is 16.5. The number of H-pyrrole nitrogens is 2. The van der Waals surface area contributed by atoms with Gasteiger partial charge < -0.3 is 10.8 Å². The zero-order chi connectivity index (χ0) is 16.7. The lowest BCUT2D eigenvalue weighted by Gasteiger charge is -2.00. The third kappa shape index (κ3) is 4.60. The predicted octanol–water partition coefficient (Wildman–Crippen LogP) is 2.98. The molecule has 0 radical (unpaired) electrons. The lowest BCUT2D eigenvalue weighted by atomic mass is 10.1. The number of nitrogens with zero attached hydrogens (tertiary/aromatic N) is 1. The fraction of sp³-hybridized carbons (Fsp3) is 0.0625. The third-order valence-corrected chi connectivity index (χ3v) is 3.21. The summed E-state index contributed by atoms with van der Waals surface area (Å²) in [6.07, 6.45) is 0. The molecule has 118 valence electrons. The van der Waals surface area contributed by atoms with Gasteiger partial charge in [0.2, 0.25) is 4.77 Å². The monoisotopic (exact) mass is 328 g/mol. The highest BCUT2D eigenvalue weighted by Gasteiger charge is 2.05. The van der Waals surface area contributed by atoms with E-state index in [2.05, 4.69) is 15.2 Å². The number of hydrogen-bond acceptors (Lipinski definition) is 4. The molecule has 0 bridgehead atoms. The summed E-state index contributed by atoms with van der Waals surface area (Å²) in [6.45, 7) is 0.266. The standard InChI is InChI=1S/C8H7N3S.C8H9NO2/c12-8-9-7(10-11-8)6-4-2-1-3-5-6;9-5-6-3-1-2-4-7(6)8(10)11/h1-5H,(H2,9,10,11,12);1-4H,5,9H2,(H,10,11). The SMILES string of the molecule is NCc1ccccc1C(=O)O.S=c1nc(-c2ccccc2)[nH][nH]1. The van der Waals surface area contributed by atoms with E-state index in [0.29, 0.717) is 10.3 Å². The fourth-order valence-electron chi connectivity index (χ4n) is 1.91. The normalized spacial score (nSPS) is 9.78. The van der Waals surface area contributed by atoms with E-state index in [1.165, 1.54) is 0 Å². The van der Waals surface area contributed by atoms with Gasteiger partial charge in [0, 0.05) is 12.1 Å². The van der Waals surface area contributed by atoms with Crippen LogP contribution in [0, 0.1) is 4.77 Å². The van der Waals surface area contributed by atoms with Gasteiger partial charge in [-0.25, -0.2) is 4.79 Å². The smallest absolute Gasteiger partial charge is 0.336 e. The van der Waals surface area contributed by atoms with E-state index in [-0.39, 0.29) is 12.1 Å². The van der Waals surface area contributed by atoms with Crippen LogP contribution >= 0.6 is 12.2 Å². The van der Waals surface area contributed by atoms with Gasteiger partial charge in [-0.3, -0.25) is 10.2 Å². The number of carboxylic acids is 1. The Morgan fingerprint density at radius 1 is 1.09 bits per heavy atom. The van der Waals surface area contributed by atoms with E-state index in [1.807, 2.05) is 30.3 Å². The van der Waals surface area contributed by atoms with Crippen LogP contribution in [0.1, 0.15) is 15.9 Å². The minimum atomic E-state index is -0.925. The molecule has 0 saturated heterocycles. The van der Waals surface area contributed by atoms with Crippen LogP contribution in [0.5, 0.6) is 0 Å². The molecule has 5 N–H and O–H groups in total. The second-order valence-corrected chi connectivity index (χ2v) is 4.93. The van der Waals surface area contributed by atoms with Gasteiger partial charge in [-0.05, 0) is 23.8 Å². The van der Waals surface area contributed by atoms with Gasteiger partial charge in [-0.1, -0.05) is 48.5 Å². The second kappa shape index (κ2) is 8.02. The van der Waals surface area contributed by atoms with Gasteiger partial charge in [0.25, 0.3) is 0 Å². The first-order chi connectivity index (χ1) is 11.1. The first-order valence-electron chi connectivity index (χ1n) is 6.83. The number of rotatable bonds is 3. The Hall–Kier alpha value is -2.77. The molecule has 23 heavy (non-hydrogen) atoms. The van der Waals surface area contributed by atoms with Gasteiger partial charge in [0.1, 0.15) is 0 Å². The first-order valence-corrected chi connectivity index (χ1v) is 7.24. The van der Waals surface area contributed by atoms with Crippen molar-refractivity contribution in [2.24, 2.45) is 5.73 Å². The van der Waals surface area contributed by atoms with E-state index in [4.69, 9.17) is 23.1 Å². The van der Waals surface area contributed by atoms with E-state index in [1.54, 1.807) is 24.3 Å². The van der Waals surface area contributed by atoms with E-state index >= 15 is 0 Å². The molecule has 7 heteroatoms. The van der Waals surface area contributed by atoms with Crippen molar-refractivity contribution in [2.45, 2.75) is 6.54 Å². The Morgan fingerprint density at radius 2 is 1.74 bits per heavy atom. The van der Waals surface area contributed by atoms with Gasteiger partial charge in [-0.2, -0.15) is 4.98 Å². The number of nitrogens with one attached hydrogen (secondary N) is 2. The topological polar surface area (TPSA) is 108 Å². The molecule has 0 saturated carbocycles. The number of benzene rings is 2. The van der Waals surface area contributed by atoms with Crippen molar-refractivity contribution in [3.8, 4) is 11.4 Å². The quantitative estimate of drug-likeness (QED) is 0.553. The number of hydrogen-bond donors (Lipinski definition) is 4. The van der Waals surface area contributed by atoms with Gasteiger partial charge in [0.05, 0.1) is 5.56 Å².